The topological polar surface area (TPSA) is 15.3 Å². The molecule has 3 rings (SSSR count). The van der Waals surface area contributed by atoms with Crippen LogP contribution >= 0.6 is 15.9 Å². The lowest BCUT2D eigenvalue weighted by Gasteiger charge is -2.41. The molecule has 0 spiro atoms. The molecule has 1 aliphatic rings. The molecule has 2 nitrogen and oxygen atoms in total. The molecule has 1 heterocycles. The SMILES string of the molecule is Cc1cc(Br)ccc1N1CC(c2ccccc2)NCC1C. The number of hydrogen-bond donors (Lipinski definition) is 1. The first-order chi connectivity index (χ1) is 10.1. The standard InChI is InChI=1S/C18H21BrN2/c1-13-10-16(19)8-9-18(13)21-12-17(20-11-14(21)2)15-6-4-3-5-7-15/h3-10,14,17,20H,11-12H2,1-2H3. The van der Waals surface area contributed by atoms with E-state index in [0.717, 1.165) is 17.6 Å². The summed E-state index contributed by atoms with van der Waals surface area (Å²) in [5, 5.41) is 3.66. The molecule has 2 atom stereocenters. The number of benzene rings is 2. The van der Waals surface area contributed by atoms with E-state index >= 15 is 0 Å². The second-order valence-electron chi connectivity index (χ2n) is 5.80. The van der Waals surface area contributed by atoms with Crippen molar-refractivity contribution in [1.29, 1.82) is 0 Å². The summed E-state index contributed by atoms with van der Waals surface area (Å²) in [7, 11) is 0. The number of nitrogens with zero attached hydrogens (tertiary/aromatic N) is 1. The number of piperazine rings is 1. The lowest BCUT2D eigenvalue weighted by Crippen LogP contribution is -2.51. The van der Waals surface area contributed by atoms with Gasteiger partial charge in [0.25, 0.3) is 0 Å². The summed E-state index contributed by atoms with van der Waals surface area (Å²) in [4.78, 5) is 2.52. The Bertz CT molecular complexity index is 612. The van der Waals surface area contributed by atoms with E-state index in [-0.39, 0.29) is 0 Å². The van der Waals surface area contributed by atoms with Crippen LogP contribution in [0.2, 0.25) is 0 Å². The van der Waals surface area contributed by atoms with Crippen molar-refractivity contribution in [3.8, 4) is 0 Å². The number of anilines is 1. The molecule has 3 heteroatoms. The highest BCUT2D eigenvalue weighted by molar-refractivity contribution is 9.10. The van der Waals surface area contributed by atoms with Crippen LogP contribution in [-0.2, 0) is 0 Å². The largest absolute Gasteiger partial charge is 0.365 e. The molecule has 0 saturated carbocycles. The molecule has 0 amide bonds. The minimum atomic E-state index is 0.394. The molecule has 0 radical (unpaired) electrons. The Balaban J connectivity index is 1.87. The van der Waals surface area contributed by atoms with Crippen molar-refractivity contribution in [3.63, 3.8) is 0 Å². The van der Waals surface area contributed by atoms with Crippen molar-refractivity contribution in [2.75, 3.05) is 18.0 Å². The van der Waals surface area contributed by atoms with E-state index in [4.69, 9.17) is 0 Å². The fourth-order valence-electron chi connectivity index (χ4n) is 3.05. The molecular weight excluding hydrogens is 324 g/mol. The summed E-state index contributed by atoms with van der Waals surface area (Å²) in [6.07, 6.45) is 0. The zero-order valence-electron chi connectivity index (χ0n) is 12.5. The van der Waals surface area contributed by atoms with Crippen LogP contribution in [0, 0.1) is 6.92 Å². The quantitative estimate of drug-likeness (QED) is 0.873. The third-order valence-electron chi connectivity index (χ3n) is 4.24. The van der Waals surface area contributed by atoms with Crippen LogP contribution in [0.15, 0.2) is 53.0 Å². The van der Waals surface area contributed by atoms with Crippen molar-refractivity contribution < 1.29 is 0 Å². The lowest BCUT2D eigenvalue weighted by molar-refractivity contribution is 0.414. The molecule has 1 N–H and O–H groups in total. The summed E-state index contributed by atoms with van der Waals surface area (Å²) < 4.78 is 1.14. The molecule has 0 aromatic heterocycles. The van der Waals surface area contributed by atoms with E-state index in [1.165, 1.54) is 16.8 Å². The average Bonchev–Trinajstić information content (AvgIpc) is 2.49. The minimum absolute atomic E-state index is 0.394. The lowest BCUT2D eigenvalue weighted by atomic mass is 10.0. The predicted octanol–water partition coefficient (Wildman–Crippen LogP) is 4.30. The van der Waals surface area contributed by atoms with Crippen molar-refractivity contribution in [3.05, 3.63) is 64.1 Å². The summed E-state index contributed by atoms with van der Waals surface area (Å²) >= 11 is 3.55. The average molecular weight is 345 g/mol. The van der Waals surface area contributed by atoms with Gasteiger partial charge in [-0.05, 0) is 43.2 Å². The van der Waals surface area contributed by atoms with Gasteiger partial charge in [-0.1, -0.05) is 46.3 Å². The van der Waals surface area contributed by atoms with Gasteiger partial charge in [-0.25, -0.2) is 0 Å². The van der Waals surface area contributed by atoms with Gasteiger partial charge in [0.2, 0.25) is 0 Å². The minimum Gasteiger partial charge on any atom is -0.365 e. The molecule has 1 aliphatic heterocycles. The van der Waals surface area contributed by atoms with Crippen LogP contribution in [0.5, 0.6) is 0 Å². The molecule has 2 unspecified atom stereocenters. The van der Waals surface area contributed by atoms with E-state index in [0.29, 0.717) is 12.1 Å². The van der Waals surface area contributed by atoms with Crippen LogP contribution in [0.1, 0.15) is 24.1 Å². The summed E-state index contributed by atoms with van der Waals surface area (Å²) in [5.74, 6) is 0. The maximum atomic E-state index is 3.66. The fraction of sp³-hybridized carbons (Fsp3) is 0.333. The first-order valence-corrected chi connectivity index (χ1v) is 8.25. The molecule has 2 aromatic rings. The van der Waals surface area contributed by atoms with Gasteiger partial charge in [0.05, 0.1) is 0 Å². The van der Waals surface area contributed by atoms with Crippen molar-refractivity contribution >= 4 is 21.6 Å². The Morgan fingerprint density at radius 1 is 1.14 bits per heavy atom. The first kappa shape index (κ1) is 14.6. The van der Waals surface area contributed by atoms with Crippen molar-refractivity contribution in [1.82, 2.24) is 5.32 Å². The van der Waals surface area contributed by atoms with Gasteiger partial charge in [-0.3, -0.25) is 0 Å². The normalized spacial score (nSPS) is 22.3. The van der Waals surface area contributed by atoms with Gasteiger partial charge < -0.3 is 10.2 Å². The Morgan fingerprint density at radius 2 is 1.90 bits per heavy atom. The molecule has 1 fully saturated rings. The van der Waals surface area contributed by atoms with Crippen LogP contribution in [-0.4, -0.2) is 19.1 Å². The van der Waals surface area contributed by atoms with E-state index in [9.17, 15) is 0 Å². The van der Waals surface area contributed by atoms with Gasteiger partial charge >= 0.3 is 0 Å². The zero-order valence-corrected chi connectivity index (χ0v) is 14.1. The highest BCUT2D eigenvalue weighted by atomic mass is 79.9. The van der Waals surface area contributed by atoms with E-state index < -0.39 is 0 Å². The van der Waals surface area contributed by atoms with Crippen molar-refractivity contribution in [2.24, 2.45) is 0 Å². The Kier molecular flexibility index (Phi) is 4.32. The summed E-state index contributed by atoms with van der Waals surface area (Å²) in [5.41, 5.74) is 4.03. The van der Waals surface area contributed by atoms with Gasteiger partial charge in [-0.15, -0.1) is 0 Å². The van der Waals surface area contributed by atoms with Crippen LogP contribution in [0.3, 0.4) is 0 Å². The van der Waals surface area contributed by atoms with Gasteiger partial charge in [0, 0.05) is 35.3 Å². The van der Waals surface area contributed by atoms with E-state index in [2.05, 4.69) is 88.5 Å². The number of rotatable bonds is 2. The number of aryl methyl sites for hydroxylation is 1. The van der Waals surface area contributed by atoms with Crippen LogP contribution < -0.4 is 10.2 Å². The molecular formula is C18H21BrN2. The van der Waals surface area contributed by atoms with Crippen LogP contribution in [0.25, 0.3) is 0 Å². The highest BCUT2D eigenvalue weighted by Crippen LogP contribution is 2.29. The van der Waals surface area contributed by atoms with Crippen LogP contribution in [0.4, 0.5) is 5.69 Å². The van der Waals surface area contributed by atoms with Gasteiger partial charge in [0.1, 0.15) is 0 Å². The maximum Gasteiger partial charge on any atom is 0.0499 e. The monoisotopic (exact) mass is 344 g/mol. The van der Waals surface area contributed by atoms with E-state index in [1.54, 1.807) is 0 Å². The predicted molar refractivity (Wildman–Crippen MR) is 92.9 cm³/mol. The third-order valence-corrected chi connectivity index (χ3v) is 4.73. The second-order valence-corrected chi connectivity index (χ2v) is 6.72. The zero-order chi connectivity index (χ0) is 14.8. The second kappa shape index (κ2) is 6.20. The molecule has 1 saturated heterocycles. The van der Waals surface area contributed by atoms with E-state index in [1.807, 2.05) is 0 Å². The first-order valence-electron chi connectivity index (χ1n) is 7.46. The molecule has 110 valence electrons. The summed E-state index contributed by atoms with van der Waals surface area (Å²) in [6.45, 7) is 6.49. The van der Waals surface area contributed by atoms with Crippen molar-refractivity contribution in [2.45, 2.75) is 25.9 Å². The fourth-order valence-corrected chi connectivity index (χ4v) is 3.53. The maximum absolute atomic E-state index is 3.66. The van der Waals surface area contributed by atoms with Gasteiger partial charge in [-0.2, -0.15) is 0 Å². The molecule has 0 aliphatic carbocycles. The Morgan fingerprint density at radius 3 is 2.62 bits per heavy atom. The number of halogens is 1. The molecule has 21 heavy (non-hydrogen) atoms. The number of nitrogens with one attached hydrogen (secondary N) is 1. The Hall–Kier alpha value is -1.32. The Labute approximate surface area is 135 Å². The molecule has 2 aromatic carbocycles. The number of hydrogen-bond acceptors (Lipinski definition) is 2. The third kappa shape index (κ3) is 3.14. The molecule has 0 bridgehead atoms. The summed E-state index contributed by atoms with van der Waals surface area (Å²) in [6, 6.07) is 18.2. The smallest absolute Gasteiger partial charge is 0.0499 e. The highest BCUT2D eigenvalue weighted by Gasteiger charge is 2.26. The van der Waals surface area contributed by atoms with Gasteiger partial charge in [0.15, 0.2) is 0 Å².